The van der Waals surface area contributed by atoms with Crippen molar-refractivity contribution in [3.8, 4) is 0 Å². The topological polar surface area (TPSA) is 43.4 Å². The van der Waals surface area contributed by atoms with E-state index in [1.807, 2.05) is 13.0 Å². The molecular weight excluding hydrogens is 322 g/mol. The van der Waals surface area contributed by atoms with E-state index in [1.165, 1.54) is 11.3 Å². The van der Waals surface area contributed by atoms with E-state index < -0.39 is 10.1 Å². The predicted octanol–water partition coefficient (Wildman–Crippen LogP) is 3.28. The van der Waals surface area contributed by atoms with Gasteiger partial charge in [0.1, 0.15) is 18.3 Å². The summed E-state index contributed by atoms with van der Waals surface area (Å²) in [6.07, 6.45) is 1.86. The van der Waals surface area contributed by atoms with E-state index >= 15 is 0 Å². The predicted molar refractivity (Wildman–Crippen MR) is 96.5 cm³/mol. The smallest absolute Gasteiger partial charge is 0.291 e. The molecule has 4 nitrogen and oxygen atoms in total. The van der Waals surface area contributed by atoms with Crippen molar-refractivity contribution in [1.82, 2.24) is 4.48 Å². The summed E-state index contributed by atoms with van der Waals surface area (Å²) in [6.45, 7) is 2.12. The molecule has 1 unspecified atom stereocenters. The van der Waals surface area contributed by atoms with Gasteiger partial charge in [0, 0.05) is 12.0 Å². The minimum absolute atomic E-state index is 0.111. The van der Waals surface area contributed by atoms with Gasteiger partial charge in [0.05, 0.1) is 19.0 Å². The Morgan fingerprint density at radius 1 is 1.08 bits per heavy atom. The number of benzene rings is 2. The van der Waals surface area contributed by atoms with Crippen LogP contribution in [-0.2, 0) is 20.7 Å². The summed E-state index contributed by atoms with van der Waals surface area (Å²) >= 11 is 0. The minimum Gasteiger partial charge on any atom is -0.291 e. The van der Waals surface area contributed by atoms with Crippen molar-refractivity contribution >= 4 is 15.8 Å². The van der Waals surface area contributed by atoms with Crippen molar-refractivity contribution in [2.24, 2.45) is 0 Å². The Morgan fingerprint density at radius 2 is 1.75 bits per heavy atom. The number of nitrogens with zero attached hydrogens (tertiary/aromatic N) is 1. The third kappa shape index (κ3) is 3.24. The molecule has 0 bridgehead atoms. The van der Waals surface area contributed by atoms with Gasteiger partial charge >= 0.3 is 0 Å². The molecular formula is C19H24NO3S+. The number of hydrogen-bond donors (Lipinski definition) is 0. The third-order valence-electron chi connectivity index (χ3n) is 5.00. The Kier molecular flexibility index (Phi) is 4.51. The van der Waals surface area contributed by atoms with Crippen LogP contribution < -0.4 is 4.48 Å². The molecule has 0 aromatic heterocycles. The van der Waals surface area contributed by atoms with Gasteiger partial charge in [-0.2, -0.15) is 8.42 Å². The number of rotatable bonds is 4. The Labute approximate surface area is 144 Å². The third-order valence-corrected chi connectivity index (χ3v) is 6.29. The Balaban J connectivity index is 1.76. The zero-order valence-corrected chi connectivity index (χ0v) is 15.2. The molecule has 1 heterocycles. The molecule has 0 fully saturated rings. The number of para-hydroxylation sites is 1. The van der Waals surface area contributed by atoms with Gasteiger partial charge in [0.15, 0.2) is 0 Å². The van der Waals surface area contributed by atoms with Gasteiger partial charge in [-0.25, -0.2) is 0 Å². The van der Waals surface area contributed by atoms with Crippen LogP contribution in [0.3, 0.4) is 0 Å². The van der Waals surface area contributed by atoms with E-state index in [2.05, 4.69) is 32.3 Å². The van der Waals surface area contributed by atoms with Crippen molar-refractivity contribution < 1.29 is 12.6 Å². The lowest BCUT2D eigenvalue weighted by molar-refractivity contribution is 0.173. The van der Waals surface area contributed by atoms with Crippen molar-refractivity contribution in [2.75, 3.05) is 20.7 Å². The van der Waals surface area contributed by atoms with Gasteiger partial charge in [-0.15, -0.1) is 0 Å². The van der Waals surface area contributed by atoms with Crippen molar-refractivity contribution in [2.45, 2.75) is 30.7 Å². The van der Waals surface area contributed by atoms with Crippen LogP contribution in [0.15, 0.2) is 53.4 Å². The van der Waals surface area contributed by atoms with Gasteiger partial charge in [-0.05, 0) is 31.5 Å². The van der Waals surface area contributed by atoms with Gasteiger partial charge in [0.25, 0.3) is 10.1 Å². The fourth-order valence-electron chi connectivity index (χ4n) is 3.34. The molecule has 128 valence electrons. The maximum atomic E-state index is 12.4. The summed E-state index contributed by atoms with van der Waals surface area (Å²) in [5.41, 5.74) is 3.60. The molecule has 5 heteroatoms. The van der Waals surface area contributed by atoms with Crippen LogP contribution in [0.1, 0.15) is 17.5 Å². The molecule has 1 aliphatic heterocycles. The highest BCUT2D eigenvalue weighted by Crippen LogP contribution is 2.34. The van der Waals surface area contributed by atoms with E-state index in [1.54, 1.807) is 24.3 Å². The molecule has 1 atom stereocenters. The highest BCUT2D eigenvalue weighted by molar-refractivity contribution is 7.86. The zero-order valence-electron chi connectivity index (χ0n) is 14.4. The summed E-state index contributed by atoms with van der Waals surface area (Å²) < 4.78 is 30.9. The van der Waals surface area contributed by atoms with E-state index in [0.29, 0.717) is 4.48 Å². The molecule has 0 radical (unpaired) electrons. The summed E-state index contributed by atoms with van der Waals surface area (Å²) in [7, 11) is 0.517. The molecule has 0 amide bonds. The first kappa shape index (κ1) is 17.1. The molecule has 0 spiro atoms. The van der Waals surface area contributed by atoms with Crippen LogP contribution in [0.4, 0.5) is 5.69 Å². The van der Waals surface area contributed by atoms with E-state index in [-0.39, 0.29) is 17.5 Å². The monoisotopic (exact) mass is 346 g/mol. The van der Waals surface area contributed by atoms with Crippen molar-refractivity contribution in [3.05, 3.63) is 59.7 Å². The molecule has 2 aromatic rings. The van der Waals surface area contributed by atoms with Crippen LogP contribution in [0.2, 0.25) is 0 Å². The number of hydrogen-bond acceptors (Lipinski definition) is 3. The van der Waals surface area contributed by atoms with Crippen LogP contribution in [0, 0.1) is 6.92 Å². The SMILES string of the molecule is Cc1ccc(S(=O)(=O)OCC2CCc3ccccc3[N+]2(C)C)cc1. The first-order valence-corrected chi connectivity index (χ1v) is 9.60. The maximum Gasteiger partial charge on any atom is 0.297 e. The quantitative estimate of drug-likeness (QED) is 0.630. The minimum atomic E-state index is -3.71. The molecule has 0 saturated heterocycles. The summed E-state index contributed by atoms with van der Waals surface area (Å²) in [4.78, 5) is 0.217. The Hall–Kier alpha value is -1.69. The van der Waals surface area contributed by atoms with E-state index in [9.17, 15) is 8.42 Å². The second kappa shape index (κ2) is 6.31. The first-order chi connectivity index (χ1) is 11.3. The average molecular weight is 346 g/mol. The van der Waals surface area contributed by atoms with Crippen LogP contribution >= 0.6 is 0 Å². The van der Waals surface area contributed by atoms with Crippen molar-refractivity contribution in [1.29, 1.82) is 0 Å². The van der Waals surface area contributed by atoms with Crippen LogP contribution in [-0.4, -0.2) is 35.2 Å². The fourth-order valence-corrected chi connectivity index (χ4v) is 4.28. The number of fused-ring (bicyclic) bond motifs is 1. The highest BCUT2D eigenvalue weighted by atomic mass is 32.2. The zero-order chi connectivity index (χ0) is 17.4. The van der Waals surface area contributed by atoms with Gasteiger partial charge < -0.3 is 0 Å². The van der Waals surface area contributed by atoms with Gasteiger partial charge in [-0.1, -0.05) is 35.9 Å². The fraction of sp³-hybridized carbons (Fsp3) is 0.368. The highest BCUT2D eigenvalue weighted by Gasteiger charge is 2.37. The molecule has 0 aliphatic carbocycles. The number of likely N-dealkylation sites (N-methyl/N-ethyl adjacent to an activating group) is 1. The number of quaternary nitrogens is 1. The van der Waals surface area contributed by atoms with Crippen molar-refractivity contribution in [3.63, 3.8) is 0 Å². The average Bonchev–Trinajstić information content (AvgIpc) is 2.54. The Bertz CT molecular complexity index is 826. The maximum absolute atomic E-state index is 12.4. The summed E-state index contributed by atoms with van der Waals surface area (Å²) in [5, 5.41) is 0. The lowest BCUT2D eigenvalue weighted by atomic mass is 9.94. The molecule has 2 aromatic carbocycles. The molecule has 3 rings (SSSR count). The van der Waals surface area contributed by atoms with Gasteiger partial charge in [0.2, 0.25) is 0 Å². The van der Waals surface area contributed by atoms with Crippen LogP contribution in [0.5, 0.6) is 0 Å². The second-order valence-electron chi connectivity index (χ2n) is 6.91. The molecule has 1 aliphatic rings. The standard InChI is InChI=1S/C19H24NO3S/c1-15-8-12-18(13-9-15)24(21,22)23-14-17-11-10-16-6-4-5-7-19(16)20(17,2)3/h4-9,12-13,17H,10-11,14H2,1-3H3/q+1. The largest absolute Gasteiger partial charge is 0.297 e. The molecule has 0 N–H and O–H groups in total. The van der Waals surface area contributed by atoms with E-state index in [0.717, 1.165) is 18.4 Å². The van der Waals surface area contributed by atoms with Gasteiger partial charge in [-0.3, -0.25) is 8.67 Å². The molecule has 0 saturated carbocycles. The Morgan fingerprint density at radius 3 is 2.46 bits per heavy atom. The summed E-state index contributed by atoms with van der Waals surface area (Å²) in [5.74, 6) is 0. The van der Waals surface area contributed by atoms with Crippen LogP contribution in [0.25, 0.3) is 0 Å². The summed E-state index contributed by atoms with van der Waals surface area (Å²) in [6, 6.07) is 15.2. The normalized spacial score (nSPS) is 19.7. The molecule has 24 heavy (non-hydrogen) atoms. The first-order valence-electron chi connectivity index (χ1n) is 8.19. The lowest BCUT2D eigenvalue weighted by Gasteiger charge is -2.41. The van der Waals surface area contributed by atoms with E-state index in [4.69, 9.17) is 4.18 Å². The second-order valence-corrected chi connectivity index (χ2v) is 8.53. The number of aryl methyl sites for hydroxylation is 2. The lowest BCUT2D eigenvalue weighted by Crippen LogP contribution is -2.55.